The van der Waals surface area contributed by atoms with E-state index in [1.165, 1.54) is 13.4 Å². The van der Waals surface area contributed by atoms with Gasteiger partial charge in [0, 0.05) is 11.0 Å². The first-order valence-electron chi connectivity index (χ1n) is 5.33. The summed E-state index contributed by atoms with van der Waals surface area (Å²) in [6, 6.07) is 8.00. The molecule has 18 heavy (non-hydrogen) atoms. The standard InChI is InChI=1S/C12H13BrN4O/c1-18-12-10(14)11(16-7-17-12)15-6-8-3-2-4-9(13)5-8/h2-5,7H,6,14H2,1H3,(H,15,16,17). The first-order chi connectivity index (χ1) is 8.70. The van der Waals surface area contributed by atoms with E-state index in [1.54, 1.807) is 0 Å². The Bertz CT molecular complexity index is 547. The number of rotatable bonds is 4. The van der Waals surface area contributed by atoms with Gasteiger partial charge in [-0.05, 0) is 17.7 Å². The van der Waals surface area contributed by atoms with Crippen LogP contribution < -0.4 is 15.8 Å². The first kappa shape index (κ1) is 12.6. The Balaban J connectivity index is 2.11. The molecule has 0 bridgehead atoms. The highest BCUT2D eigenvalue weighted by Crippen LogP contribution is 2.24. The van der Waals surface area contributed by atoms with Crippen molar-refractivity contribution in [1.82, 2.24) is 9.97 Å². The second-order valence-electron chi connectivity index (χ2n) is 3.63. The molecule has 2 rings (SSSR count). The van der Waals surface area contributed by atoms with Crippen molar-refractivity contribution in [1.29, 1.82) is 0 Å². The van der Waals surface area contributed by atoms with E-state index in [4.69, 9.17) is 10.5 Å². The van der Waals surface area contributed by atoms with Crippen LogP contribution in [0.2, 0.25) is 0 Å². The number of ether oxygens (including phenoxy) is 1. The maximum Gasteiger partial charge on any atom is 0.242 e. The zero-order chi connectivity index (χ0) is 13.0. The third kappa shape index (κ3) is 2.89. The summed E-state index contributed by atoms with van der Waals surface area (Å²) in [6.07, 6.45) is 1.42. The molecular weight excluding hydrogens is 296 g/mol. The van der Waals surface area contributed by atoms with E-state index in [9.17, 15) is 0 Å². The van der Waals surface area contributed by atoms with E-state index < -0.39 is 0 Å². The minimum Gasteiger partial charge on any atom is -0.479 e. The smallest absolute Gasteiger partial charge is 0.242 e. The maximum absolute atomic E-state index is 5.87. The lowest BCUT2D eigenvalue weighted by Crippen LogP contribution is -2.06. The van der Waals surface area contributed by atoms with Gasteiger partial charge in [-0.3, -0.25) is 0 Å². The topological polar surface area (TPSA) is 73.1 Å². The SMILES string of the molecule is COc1ncnc(NCc2cccc(Br)c2)c1N. The predicted octanol–water partition coefficient (Wildman–Crippen LogP) is 2.44. The molecule has 1 aromatic heterocycles. The Kier molecular flexibility index (Phi) is 3.99. The number of hydrogen-bond donors (Lipinski definition) is 2. The number of anilines is 2. The van der Waals surface area contributed by atoms with E-state index in [-0.39, 0.29) is 0 Å². The highest BCUT2D eigenvalue weighted by atomic mass is 79.9. The first-order valence-corrected chi connectivity index (χ1v) is 6.13. The van der Waals surface area contributed by atoms with Crippen molar-refractivity contribution < 1.29 is 4.74 Å². The quantitative estimate of drug-likeness (QED) is 0.907. The van der Waals surface area contributed by atoms with Crippen molar-refractivity contribution in [3.05, 3.63) is 40.6 Å². The number of benzene rings is 1. The summed E-state index contributed by atoms with van der Waals surface area (Å²) in [4.78, 5) is 8.01. The fourth-order valence-electron chi connectivity index (χ4n) is 1.52. The largest absolute Gasteiger partial charge is 0.479 e. The Morgan fingerprint density at radius 2 is 2.22 bits per heavy atom. The van der Waals surface area contributed by atoms with Gasteiger partial charge in [-0.25, -0.2) is 4.98 Å². The highest BCUT2D eigenvalue weighted by molar-refractivity contribution is 9.10. The number of methoxy groups -OCH3 is 1. The van der Waals surface area contributed by atoms with Crippen molar-refractivity contribution in [3.8, 4) is 5.88 Å². The van der Waals surface area contributed by atoms with Gasteiger partial charge in [-0.2, -0.15) is 4.98 Å². The molecule has 0 saturated carbocycles. The molecule has 1 aromatic carbocycles. The van der Waals surface area contributed by atoms with Crippen molar-refractivity contribution in [2.75, 3.05) is 18.2 Å². The molecule has 0 aliphatic rings. The van der Waals surface area contributed by atoms with Crippen LogP contribution in [0.1, 0.15) is 5.56 Å². The van der Waals surface area contributed by atoms with Gasteiger partial charge in [0.2, 0.25) is 5.88 Å². The molecule has 0 radical (unpaired) electrons. The molecule has 0 atom stereocenters. The minimum atomic E-state index is 0.377. The lowest BCUT2D eigenvalue weighted by atomic mass is 10.2. The fraction of sp³-hybridized carbons (Fsp3) is 0.167. The van der Waals surface area contributed by atoms with E-state index in [1.807, 2.05) is 24.3 Å². The van der Waals surface area contributed by atoms with Crippen LogP contribution in [0.25, 0.3) is 0 Å². The van der Waals surface area contributed by atoms with Crippen molar-refractivity contribution >= 4 is 27.4 Å². The Labute approximate surface area is 114 Å². The summed E-state index contributed by atoms with van der Waals surface area (Å²) in [5.41, 5.74) is 7.40. The monoisotopic (exact) mass is 308 g/mol. The molecule has 6 heteroatoms. The molecule has 1 heterocycles. The predicted molar refractivity (Wildman–Crippen MR) is 74.5 cm³/mol. The lowest BCUT2D eigenvalue weighted by molar-refractivity contribution is 0.399. The van der Waals surface area contributed by atoms with Gasteiger partial charge in [0.05, 0.1) is 7.11 Å². The highest BCUT2D eigenvalue weighted by Gasteiger charge is 2.07. The normalized spacial score (nSPS) is 10.1. The van der Waals surface area contributed by atoms with Crippen LogP contribution >= 0.6 is 15.9 Å². The van der Waals surface area contributed by atoms with Crippen LogP contribution in [-0.4, -0.2) is 17.1 Å². The molecule has 0 unspecified atom stereocenters. The number of nitrogens with one attached hydrogen (secondary N) is 1. The zero-order valence-electron chi connectivity index (χ0n) is 9.85. The van der Waals surface area contributed by atoms with Crippen LogP contribution in [0, 0.1) is 0 Å². The lowest BCUT2D eigenvalue weighted by Gasteiger charge is -2.10. The molecule has 0 saturated heterocycles. The molecule has 0 aliphatic heterocycles. The number of nitrogens with zero attached hydrogens (tertiary/aromatic N) is 2. The van der Waals surface area contributed by atoms with E-state index >= 15 is 0 Å². The van der Waals surface area contributed by atoms with E-state index in [2.05, 4.69) is 31.2 Å². The molecule has 0 spiro atoms. The van der Waals surface area contributed by atoms with Crippen LogP contribution in [-0.2, 0) is 6.54 Å². The second kappa shape index (κ2) is 5.68. The molecule has 0 fully saturated rings. The number of nitrogens with two attached hydrogens (primary N) is 1. The number of nitrogen functional groups attached to an aromatic ring is 1. The third-order valence-corrected chi connectivity index (χ3v) is 2.88. The van der Waals surface area contributed by atoms with Gasteiger partial charge in [-0.15, -0.1) is 0 Å². The zero-order valence-corrected chi connectivity index (χ0v) is 11.4. The maximum atomic E-state index is 5.87. The molecule has 0 aliphatic carbocycles. The number of halogens is 1. The van der Waals surface area contributed by atoms with Gasteiger partial charge in [0.15, 0.2) is 5.82 Å². The Hall–Kier alpha value is -1.82. The van der Waals surface area contributed by atoms with Crippen LogP contribution in [0.15, 0.2) is 35.1 Å². The van der Waals surface area contributed by atoms with Crippen LogP contribution in [0.3, 0.4) is 0 Å². The third-order valence-electron chi connectivity index (χ3n) is 2.39. The van der Waals surface area contributed by atoms with E-state index in [0.717, 1.165) is 10.0 Å². The van der Waals surface area contributed by atoms with E-state index in [0.29, 0.717) is 23.9 Å². The molecule has 94 valence electrons. The molecule has 0 amide bonds. The summed E-state index contributed by atoms with van der Waals surface area (Å²) in [5, 5.41) is 3.15. The Morgan fingerprint density at radius 3 is 2.94 bits per heavy atom. The van der Waals surface area contributed by atoms with Crippen molar-refractivity contribution in [2.24, 2.45) is 0 Å². The van der Waals surface area contributed by atoms with Gasteiger partial charge in [0.25, 0.3) is 0 Å². The summed E-state index contributed by atoms with van der Waals surface area (Å²) >= 11 is 3.43. The molecule has 2 aromatic rings. The van der Waals surface area contributed by atoms with Gasteiger partial charge < -0.3 is 15.8 Å². The van der Waals surface area contributed by atoms with Gasteiger partial charge in [-0.1, -0.05) is 28.1 Å². The molecule has 5 nitrogen and oxygen atoms in total. The molecular formula is C12H13BrN4O. The summed E-state index contributed by atoms with van der Waals surface area (Å²) in [7, 11) is 1.52. The summed E-state index contributed by atoms with van der Waals surface area (Å²) in [5.74, 6) is 0.948. The van der Waals surface area contributed by atoms with Crippen LogP contribution in [0.5, 0.6) is 5.88 Å². The minimum absolute atomic E-state index is 0.377. The number of hydrogen-bond acceptors (Lipinski definition) is 5. The van der Waals surface area contributed by atoms with Crippen molar-refractivity contribution in [3.63, 3.8) is 0 Å². The van der Waals surface area contributed by atoms with Gasteiger partial charge in [0.1, 0.15) is 12.0 Å². The molecule has 3 N–H and O–H groups in total. The summed E-state index contributed by atoms with van der Waals surface area (Å²) in [6.45, 7) is 0.629. The summed E-state index contributed by atoms with van der Waals surface area (Å²) < 4.78 is 6.07. The Morgan fingerprint density at radius 1 is 1.39 bits per heavy atom. The second-order valence-corrected chi connectivity index (χ2v) is 4.54. The van der Waals surface area contributed by atoms with Crippen LogP contribution in [0.4, 0.5) is 11.5 Å². The number of aromatic nitrogens is 2. The average Bonchev–Trinajstić information content (AvgIpc) is 2.38. The fourth-order valence-corrected chi connectivity index (χ4v) is 1.96. The van der Waals surface area contributed by atoms with Gasteiger partial charge >= 0.3 is 0 Å². The van der Waals surface area contributed by atoms with Crippen molar-refractivity contribution in [2.45, 2.75) is 6.54 Å². The average molecular weight is 309 g/mol.